The van der Waals surface area contributed by atoms with Crippen LogP contribution in [0.25, 0.3) is 0 Å². The summed E-state index contributed by atoms with van der Waals surface area (Å²) in [5.74, 6) is 0. The lowest BCUT2D eigenvalue weighted by atomic mass is 10.2. The summed E-state index contributed by atoms with van der Waals surface area (Å²) in [5, 5.41) is 0. The van der Waals surface area contributed by atoms with Crippen molar-refractivity contribution in [1.29, 1.82) is 0 Å². The molecular formula is C15H27N3O2S2. The Labute approximate surface area is 138 Å². The van der Waals surface area contributed by atoms with Gasteiger partial charge in [0.15, 0.2) is 0 Å². The molecule has 0 radical (unpaired) electrons. The summed E-state index contributed by atoms with van der Waals surface area (Å²) in [4.78, 5) is 7.14. The second kappa shape index (κ2) is 7.88. The number of hydrogen-bond donors (Lipinski definition) is 1. The summed E-state index contributed by atoms with van der Waals surface area (Å²) < 4.78 is 27.2. The highest BCUT2D eigenvalue weighted by Gasteiger charge is 2.18. The largest absolute Gasteiger partial charge is 0.304 e. The highest BCUT2D eigenvalue weighted by Crippen LogP contribution is 2.24. The normalized spacial score (nSPS) is 18.0. The molecule has 0 aromatic carbocycles. The van der Waals surface area contributed by atoms with Gasteiger partial charge < -0.3 is 9.80 Å². The van der Waals surface area contributed by atoms with Gasteiger partial charge in [0.1, 0.15) is 0 Å². The Morgan fingerprint density at radius 1 is 1.18 bits per heavy atom. The lowest BCUT2D eigenvalue weighted by Crippen LogP contribution is -2.44. The minimum absolute atomic E-state index is 0.439. The Balaban J connectivity index is 1.69. The predicted octanol–water partition coefficient (Wildman–Crippen LogP) is 1.67. The van der Waals surface area contributed by atoms with E-state index < -0.39 is 10.0 Å². The molecule has 2 rings (SSSR count). The number of aryl methyl sites for hydroxylation is 2. The topological polar surface area (TPSA) is 52.7 Å². The van der Waals surface area contributed by atoms with E-state index in [9.17, 15) is 8.42 Å². The Morgan fingerprint density at radius 2 is 1.86 bits per heavy atom. The van der Waals surface area contributed by atoms with Crippen LogP contribution in [0.5, 0.6) is 0 Å². The van der Waals surface area contributed by atoms with Crippen LogP contribution in [0.15, 0.2) is 11.0 Å². The van der Waals surface area contributed by atoms with E-state index in [1.54, 1.807) is 6.07 Å². The standard InChI is InChI=1S/C15H27N3O2S2/c1-13-12-15(14(2)21-13)22(19,20)16-6-4-5-7-18-10-8-17(3)9-11-18/h12,16H,4-11H2,1-3H3. The van der Waals surface area contributed by atoms with Crippen molar-refractivity contribution >= 4 is 21.4 Å². The van der Waals surface area contributed by atoms with Gasteiger partial charge in [-0.2, -0.15) is 0 Å². The van der Waals surface area contributed by atoms with Gasteiger partial charge in [0, 0.05) is 42.5 Å². The van der Waals surface area contributed by atoms with Crippen molar-refractivity contribution in [3.05, 3.63) is 15.8 Å². The first-order chi connectivity index (χ1) is 10.4. The molecule has 0 spiro atoms. The highest BCUT2D eigenvalue weighted by atomic mass is 32.2. The first-order valence-electron chi connectivity index (χ1n) is 7.86. The van der Waals surface area contributed by atoms with Crippen LogP contribution in [0.2, 0.25) is 0 Å². The molecule has 1 aromatic rings. The molecule has 22 heavy (non-hydrogen) atoms. The zero-order valence-electron chi connectivity index (χ0n) is 13.8. The molecule has 0 aliphatic carbocycles. The van der Waals surface area contributed by atoms with E-state index in [1.807, 2.05) is 13.8 Å². The number of thiophene rings is 1. The zero-order valence-corrected chi connectivity index (χ0v) is 15.4. The molecule has 0 amide bonds. The number of rotatable bonds is 7. The number of sulfonamides is 1. The molecule has 0 saturated carbocycles. The molecule has 1 fully saturated rings. The van der Waals surface area contributed by atoms with Gasteiger partial charge in [-0.05, 0) is 46.3 Å². The fourth-order valence-corrected chi connectivity index (χ4v) is 5.32. The lowest BCUT2D eigenvalue weighted by molar-refractivity contribution is 0.152. The monoisotopic (exact) mass is 345 g/mol. The van der Waals surface area contributed by atoms with Crippen LogP contribution >= 0.6 is 11.3 Å². The van der Waals surface area contributed by atoms with E-state index >= 15 is 0 Å². The molecule has 1 aromatic heterocycles. The van der Waals surface area contributed by atoms with E-state index in [1.165, 1.54) is 11.3 Å². The first-order valence-corrected chi connectivity index (χ1v) is 10.2. The average Bonchev–Trinajstić information content (AvgIpc) is 2.80. The summed E-state index contributed by atoms with van der Waals surface area (Å²) in [6.07, 6.45) is 1.92. The molecule has 0 unspecified atom stereocenters. The zero-order chi connectivity index (χ0) is 16.2. The Hall–Kier alpha value is -0.470. The van der Waals surface area contributed by atoms with Gasteiger partial charge in [0.2, 0.25) is 10.0 Å². The SMILES string of the molecule is Cc1cc(S(=O)(=O)NCCCCN2CCN(C)CC2)c(C)s1. The van der Waals surface area contributed by atoms with Crippen molar-refractivity contribution in [1.82, 2.24) is 14.5 Å². The van der Waals surface area contributed by atoms with Crippen LogP contribution in [0.3, 0.4) is 0 Å². The first kappa shape index (κ1) is 17.9. The number of unbranched alkanes of at least 4 members (excludes halogenated alkanes) is 1. The van der Waals surface area contributed by atoms with Gasteiger partial charge in [0.25, 0.3) is 0 Å². The molecule has 1 aliphatic rings. The van der Waals surface area contributed by atoms with E-state index in [2.05, 4.69) is 21.6 Å². The molecule has 1 aliphatic heterocycles. The highest BCUT2D eigenvalue weighted by molar-refractivity contribution is 7.89. The molecule has 1 saturated heterocycles. The smallest absolute Gasteiger partial charge is 0.241 e. The van der Waals surface area contributed by atoms with Gasteiger partial charge >= 0.3 is 0 Å². The lowest BCUT2D eigenvalue weighted by Gasteiger charge is -2.32. The molecule has 126 valence electrons. The third-order valence-electron chi connectivity index (χ3n) is 4.07. The molecule has 5 nitrogen and oxygen atoms in total. The average molecular weight is 346 g/mol. The third kappa shape index (κ3) is 5.03. The Kier molecular flexibility index (Phi) is 6.40. The summed E-state index contributed by atoms with van der Waals surface area (Å²) in [7, 11) is -1.19. The Bertz CT molecular complexity index is 576. The minimum Gasteiger partial charge on any atom is -0.304 e. The van der Waals surface area contributed by atoms with Gasteiger partial charge in [-0.25, -0.2) is 13.1 Å². The van der Waals surface area contributed by atoms with E-state index in [4.69, 9.17) is 0 Å². The molecule has 1 N–H and O–H groups in total. The van der Waals surface area contributed by atoms with Crippen LogP contribution in [-0.2, 0) is 10.0 Å². The molecular weight excluding hydrogens is 318 g/mol. The maximum absolute atomic E-state index is 12.2. The van der Waals surface area contributed by atoms with Crippen molar-refractivity contribution in [3.63, 3.8) is 0 Å². The summed E-state index contributed by atoms with van der Waals surface area (Å²) in [5.41, 5.74) is 0. The van der Waals surface area contributed by atoms with Gasteiger partial charge in [0.05, 0.1) is 4.90 Å². The van der Waals surface area contributed by atoms with Gasteiger partial charge in [-0.15, -0.1) is 11.3 Å². The van der Waals surface area contributed by atoms with Crippen molar-refractivity contribution in [3.8, 4) is 0 Å². The second-order valence-electron chi connectivity index (χ2n) is 6.03. The van der Waals surface area contributed by atoms with Gasteiger partial charge in [-0.1, -0.05) is 0 Å². The molecule has 0 atom stereocenters. The summed E-state index contributed by atoms with van der Waals surface area (Å²) in [6.45, 7) is 9.88. The van der Waals surface area contributed by atoms with E-state index in [-0.39, 0.29) is 0 Å². The quantitative estimate of drug-likeness (QED) is 0.764. The molecule has 0 bridgehead atoms. The van der Waals surface area contributed by atoms with Crippen LogP contribution in [0.4, 0.5) is 0 Å². The number of piperazine rings is 1. The van der Waals surface area contributed by atoms with Crippen LogP contribution in [-0.4, -0.2) is 64.5 Å². The minimum atomic E-state index is -3.34. The van der Waals surface area contributed by atoms with Gasteiger partial charge in [-0.3, -0.25) is 0 Å². The second-order valence-corrected chi connectivity index (χ2v) is 9.22. The van der Waals surface area contributed by atoms with Crippen LogP contribution in [0.1, 0.15) is 22.6 Å². The van der Waals surface area contributed by atoms with Crippen LogP contribution < -0.4 is 4.72 Å². The Morgan fingerprint density at radius 3 is 2.45 bits per heavy atom. The van der Waals surface area contributed by atoms with Crippen LogP contribution in [0, 0.1) is 13.8 Å². The molecule has 7 heteroatoms. The van der Waals surface area contributed by atoms with Crippen molar-refractivity contribution in [2.75, 3.05) is 46.3 Å². The van der Waals surface area contributed by atoms with Crippen molar-refractivity contribution < 1.29 is 8.42 Å². The summed E-state index contributed by atoms with van der Waals surface area (Å²) in [6, 6.07) is 1.76. The number of nitrogens with zero attached hydrogens (tertiary/aromatic N) is 2. The number of hydrogen-bond acceptors (Lipinski definition) is 5. The number of likely N-dealkylation sites (N-methyl/N-ethyl adjacent to an activating group) is 1. The van der Waals surface area contributed by atoms with E-state index in [0.29, 0.717) is 11.4 Å². The third-order valence-corrected chi connectivity index (χ3v) is 6.76. The predicted molar refractivity (Wildman–Crippen MR) is 92.2 cm³/mol. The summed E-state index contributed by atoms with van der Waals surface area (Å²) >= 11 is 1.53. The maximum atomic E-state index is 12.2. The van der Waals surface area contributed by atoms with Crippen molar-refractivity contribution in [2.24, 2.45) is 0 Å². The fraction of sp³-hybridized carbons (Fsp3) is 0.733. The van der Waals surface area contributed by atoms with Crippen molar-refractivity contribution in [2.45, 2.75) is 31.6 Å². The molecule has 2 heterocycles. The maximum Gasteiger partial charge on any atom is 0.241 e. The fourth-order valence-electron chi connectivity index (χ4n) is 2.69. The number of nitrogens with one attached hydrogen (secondary N) is 1. The van der Waals surface area contributed by atoms with E-state index in [0.717, 1.165) is 55.3 Å².